The van der Waals surface area contributed by atoms with E-state index in [1.807, 2.05) is 36.4 Å². The van der Waals surface area contributed by atoms with Gasteiger partial charge in [-0.15, -0.1) is 0 Å². The molecular weight excluding hydrogens is 305 g/mol. The molecule has 0 spiro atoms. The van der Waals surface area contributed by atoms with E-state index in [1.165, 1.54) is 0 Å². The zero-order chi connectivity index (χ0) is 14.8. The Morgan fingerprint density at radius 3 is 2.48 bits per heavy atom. The summed E-state index contributed by atoms with van der Waals surface area (Å²) in [6.45, 7) is 3.97. The van der Waals surface area contributed by atoms with Gasteiger partial charge >= 0.3 is 0 Å². The molecule has 1 N–H and O–H groups in total. The minimum absolute atomic E-state index is 0.0119. The van der Waals surface area contributed by atoms with Crippen LogP contribution in [0.15, 0.2) is 42.5 Å². The zero-order valence-corrected chi connectivity index (χ0v) is 13.3. The minimum atomic E-state index is -0.0119. The number of ether oxygens (including phenoxy) is 1. The Labute approximate surface area is 135 Å². The molecule has 0 aliphatic carbocycles. The fraction of sp³-hybridized carbons (Fsp3) is 0.294. The summed E-state index contributed by atoms with van der Waals surface area (Å²) in [5.41, 5.74) is 2.20. The quantitative estimate of drug-likeness (QED) is 0.885. The van der Waals surface area contributed by atoms with Crippen LogP contribution in [-0.4, -0.2) is 13.1 Å². The summed E-state index contributed by atoms with van der Waals surface area (Å²) in [5.74, 6) is 1.36. The van der Waals surface area contributed by atoms with Gasteiger partial charge < -0.3 is 10.1 Å². The Morgan fingerprint density at radius 1 is 1.10 bits per heavy atom. The summed E-state index contributed by atoms with van der Waals surface area (Å²) < 4.78 is 6.29. The lowest BCUT2D eigenvalue weighted by atomic mass is 9.90. The topological polar surface area (TPSA) is 21.3 Å². The lowest BCUT2D eigenvalue weighted by Crippen LogP contribution is -2.46. The summed E-state index contributed by atoms with van der Waals surface area (Å²) in [4.78, 5) is 0. The minimum Gasteiger partial charge on any atom is -0.485 e. The second kappa shape index (κ2) is 6.27. The van der Waals surface area contributed by atoms with Crippen LogP contribution in [0.5, 0.6) is 5.75 Å². The van der Waals surface area contributed by atoms with Crippen LogP contribution in [0.4, 0.5) is 0 Å². The molecule has 21 heavy (non-hydrogen) atoms. The molecule has 1 heterocycles. The molecule has 4 heteroatoms. The van der Waals surface area contributed by atoms with Gasteiger partial charge in [-0.25, -0.2) is 0 Å². The Hall–Kier alpha value is -1.22. The van der Waals surface area contributed by atoms with Crippen molar-refractivity contribution in [3.8, 4) is 5.75 Å². The normalized spacial score (nSPS) is 16.3. The molecule has 2 aromatic rings. The molecule has 0 amide bonds. The van der Waals surface area contributed by atoms with Crippen LogP contribution < -0.4 is 10.1 Å². The Balaban J connectivity index is 1.90. The number of aryl methyl sites for hydroxylation is 1. The van der Waals surface area contributed by atoms with Crippen molar-refractivity contribution in [2.45, 2.75) is 13.0 Å². The van der Waals surface area contributed by atoms with E-state index in [1.54, 1.807) is 0 Å². The van der Waals surface area contributed by atoms with Crippen LogP contribution in [0, 0.1) is 12.8 Å². The molecule has 1 aliphatic heterocycles. The third kappa shape index (κ3) is 3.18. The maximum atomic E-state index is 6.29. The van der Waals surface area contributed by atoms with Gasteiger partial charge in [0.1, 0.15) is 11.9 Å². The molecule has 1 fully saturated rings. The van der Waals surface area contributed by atoms with Gasteiger partial charge in [-0.2, -0.15) is 0 Å². The van der Waals surface area contributed by atoms with Gasteiger partial charge in [0, 0.05) is 19.0 Å². The molecule has 0 unspecified atom stereocenters. The van der Waals surface area contributed by atoms with E-state index < -0.39 is 0 Å². The summed E-state index contributed by atoms with van der Waals surface area (Å²) in [6.07, 6.45) is -0.0119. The van der Waals surface area contributed by atoms with E-state index in [-0.39, 0.29) is 6.10 Å². The molecular formula is C17H17Cl2NO. The number of benzene rings is 2. The molecule has 0 aromatic heterocycles. The predicted molar refractivity (Wildman–Crippen MR) is 87.4 cm³/mol. The van der Waals surface area contributed by atoms with E-state index in [0.717, 1.165) is 30.0 Å². The summed E-state index contributed by atoms with van der Waals surface area (Å²) in [7, 11) is 0. The lowest BCUT2D eigenvalue weighted by Gasteiger charge is -2.35. The largest absolute Gasteiger partial charge is 0.485 e. The van der Waals surface area contributed by atoms with Crippen LogP contribution in [0.3, 0.4) is 0 Å². The first kappa shape index (κ1) is 14.7. The van der Waals surface area contributed by atoms with Crippen molar-refractivity contribution in [3.63, 3.8) is 0 Å². The third-order valence-corrected chi connectivity index (χ3v) is 4.60. The van der Waals surface area contributed by atoms with Crippen molar-refractivity contribution in [2.24, 2.45) is 5.92 Å². The number of nitrogens with one attached hydrogen (secondary N) is 1. The van der Waals surface area contributed by atoms with E-state index >= 15 is 0 Å². The second-order valence-electron chi connectivity index (χ2n) is 5.40. The molecule has 0 saturated carbocycles. The van der Waals surface area contributed by atoms with Crippen LogP contribution in [0.25, 0.3) is 0 Å². The molecule has 0 radical (unpaired) electrons. The van der Waals surface area contributed by atoms with Crippen LogP contribution >= 0.6 is 23.2 Å². The third-order valence-electron chi connectivity index (χ3n) is 3.86. The van der Waals surface area contributed by atoms with Crippen LogP contribution in [0.2, 0.25) is 10.0 Å². The van der Waals surface area contributed by atoms with Gasteiger partial charge in [0.15, 0.2) is 0 Å². The highest BCUT2D eigenvalue weighted by Crippen LogP contribution is 2.34. The molecule has 110 valence electrons. The van der Waals surface area contributed by atoms with E-state index in [2.05, 4.69) is 18.3 Å². The molecule has 1 atom stereocenters. The fourth-order valence-electron chi connectivity index (χ4n) is 2.48. The van der Waals surface area contributed by atoms with Gasteiger partial charge in [-0.05, 0) is 36.2 Å². The highest BCUT2D eigenvalue weighted by Gasteiger charge is 2.30. The van der Waals surface area contributed by atoms with E-state index in [9.17, 15) is 0 Å². The maximum Gasteiger partial charge on any atom is 0.129 e. The van der Waals surface area contributed by atoms with E-state index in [0.29, 0.717) is 16.0 Å². The number of halogens is 2. The van der Waals surface area contributed by atoms with Crippen molar-refractivity contribution in [2.75, 3.05) is 13.1 Å². The number of para-hydroxylation sites is 1. The van der Waals surface area contributed by atoms with Crippen molar-refractivity contribution in [1.82, 2.24) is 5.32 Å². The van der Waals surface area contributed by atoms with Crippen molar-refractivity contribution in [3.05, 3.63) is 63.6 Å². The second-order valence-corrected chi connectivity index (χ2v) is 6.21. The molecule has 1 aliphatic rings. The van der Waals surface area contributed by atoms with Gasteiger partial charge in [-0.1, -0.05) is 47.5 Å². The van der Waals surface area contributed by atoms with Gasteiger partial charge in [0.05, 0.1) is 10.0 Å². The van der Waals surface area contributed by atoms with Crippen molar-refractivity contribution in [1.29, 1.82) is 0 Å². The number of rotatable bonds is 4. The smallest absolute Gasteiger partial charge is 0.129 e. The molecule has 2 nitrogen and oxygen atoms in total. The summed E-state index contributed by atoms with van der Waals surface area (Å²) in [6, 6.07) is 13.8. The first-order chi connectivity index (χ1) is 10.1. The van der Waals surface area contributed by atoms with E-state index in [4.69, 9.17) is 27.9 Å². The summed E-state index contributed by atoms with van der Waals surface area (Å²) >= 11 is 12.2. The molecule has 2 aromatic carbocycles. The fourth-order valence-corrected chi connectivity index (χ4v) is 2.78. The Bertz CT molecular complexity index is 640. The lowest BCUT2D eigenvalue weighted by molar-refractivity contribution is 0.0986. The van der Waals surface area contributed by atoms with Gasteiger partial charge in [0.2, 0.25) is 0 Å². The van der Waals surface area contributed by atoms with Gasteiger partial charge in [0.25, 0.3) is 0 Å². The maximum absolute atomic E-state index is 6.29. The zero-order valence-electron chi connectivity index (χ0n) is 11.8. The monoisotopic (exact) mass is 321 g/mol. The SMILES string of the molecule is Cc1ccccc1O[C@H](c1ccc(Cl)c(Cl)c1)C1CNC1. The van der Waals surface area contributed by atoms with Crippen LogP contribution in [0.1, 0.15) is 17.2 Å². The molecule has 3 rings (SSSR count). The number of hydrogen-bond donors (Lipinski definition) is 1. The average molecular weight is 322 g/mol. The highest BCUT2D eigenvalue weighted by molar-refractivity contribution is 6.42. The number of hydrogen-bond acceptors (Lipinski definition) is 2. The Morgan fingerprint density at radius 2 is 1.86 bits per heavy atom. The first-order valence-electron chi connectivity index (χ1n) is 7.03. The predicted octanol–water partition coefficient (Wildman–Crippen LogP) is 4.64. The summed E-state index contributed by atoms with van der Waals surface area (Å²) in [5, 5.41) is 4.44. The highest BCUT2D eigenvalue weighted by atomic mass is 35.5. The first-order valence-corrected chi connectivity index (χ1v) is 7.78. The Kier molecular flexibility index (Phi) is 4.39. The standard InChI is InChI=1S/C17H17Cl2NO/c1-11-4-2-3-5-16(11)21-17(13-9-20-10-13)12-6-7-14(18)15(19)8-12/h2-8,13,17,20H,9-10H2,1H3/t17-/m1/s1. The van der Waals surface area contributed by atoms with Crippen LogP contribution in [-0.2, 0) is 0 Å². The molecule has 1 saturated heterocycles. The van der Waals surface area contributed by atoms with Crippen molar-refractivity contribution < 1.29 is 4.74 Å². The molecule has 0 bridgehead atoms. The van der Waals surface area contributed by atoms with Gasteiger partial charge in [-0.3, -0.25) is 0 Å². The average Bonchev–Trinajstić information content (AvgIpc) is 2.41. The van der Waals surface area contributed by atoms with Crippen molar-refractivity contribution >= 4 is 23.2 Å².